The normalized spacial score (nSPS) is 24.9. The van der Waals surface area contributed by atoms with Crippen molar-refractivity contribution < 1.29 is 13.2 Å². The van der Waals surface area contributed by atoms with Gasteiger partial charge in [-0.2, -0.15) is 4.31 Å². The highest BCUT2D eigenvalue weighted by molar-refractivity contribution is 7.89. The fourth-order valence-electron chi connectivity index (χ4n) is 4.11. The summed E-state index contributed by atoms with van der Waals surface area (Å²) >= 11 is 0. The Balaban J connectivity index is 1.50. The van der Waals surface area contributed by atoms with Gasteiger partial charge in [0.15, 0.2) is 5.96 Å². The highest BCUT2D eigenvalue weighted by atomic mass is 32.2. The second kappa shape index (κ2) is 9.71. The number of piperidine rings is 1. The van der Waals surface area contributed by atoms with Gasteiger partial charge in [0.2, 0.25) is 10.0 Å². The molecule has 0 amide bonds. The van der Waals surface area contributed by atoms with Crippen LogP contribution < -0.4 is 5.32 Å². The lowest BCUT2D eigenvalue weighted by atomic mass is 9.82. The van der Waals surface area contributed by atoms with Gasteiger partial charge in [0.05, 0.1) is 19.0 Å². The first-order valence-electron chi connectivity index (χ1n) is 10.1. The van der Waals surface area contributed by atoms with Gasteiger partial charge in [-0.3, -0.25) is 4.99 Å². The van der Waals surface area contributed by atoms with Crippen molar-refractivity contribution in [3.63, 3.8) is 0 Å². The molecule has 2 saturated heterocycles. The third-order valence-corrected chi connectivity index (χ3v) is 7.52. The topological polar surface area (TPSA) is 74.2 Å². The van der Waals surface area contributed by atoms with E-state index >= 15 is 0 Å². The molecule has 28 heavy (non-hydrogen) atoms. The number of aliphatic imine (C=N–C) groups is 1. The zero-order valence-corrected chi connectivity index (χ0v) is 17.7. The van der Waals surface area contributed by atoms with Gasteiger partial charge < -0.3 is 15.0 Å². The fourth-order valence-corrected chi connectivity index (χ4v) is 5.43. The zero-order chi connectivity index (χ0) is 20.0. The van der Waals surface area contributed by atoms with Crippen LogP contribution in [0.2, 0.25) is 0 Å². The summed E-state index contributed by atoms with van der Waals surface area (Å²) in [4.78, 5) is 6.62. The van der Waals surface area contributed by atoms with Crippen LogP contribution in [0.4, 0.5) is 0 Å². The van der Waals surface area contributed by atoms with E-state index in [1.165, 1.54) is 9.87 Å². The van der Waals surface area contributed by atoms with Crippen LogP contribution in [-0.2, 0) is 14.8 Å². The molecule has 1 aromatic rings. The molecule has 8 heteroatoms. The Kier molecular flexibility index (Phi) is 7.31. The standard InChI is InChI=1S/C20H32N4O3S/c1-17-16-23(10-8-19(17)18-6-4-3-5-7-18)20(21-2)22-9-15-28(25,26)24-11-13-27-14-12-24/h3-7,17,19H,8-16H2,1-2H3,(H,21,22). The fraction of sp³-hybridized carbons (Fsp3) is 0.650. The van der Waals surface area contributed by atoms with Crippen LogP contribution in [-0.4, -0.2) is 82.3 Å². The van der Waals surface area contributed by atoms with E-state index in [4.69, 9.17) is 4.74 Å². The van der Waals surface area contributed by atoms with E-state index in [0.29, 0.717) is 44.7 Å². The third kappa shape index (κ3) is 5.24. The number of guanidine groups is 1. The lowest BCUT2D eigenvalue weighted by Crippen LogP contribution is -2.49. The van der Waals surface area contributed by atoms with Gasteiger partial charge in [0.1, 0.15) is 0 Å². The van der Waals surface area contributed by atoms with Crippen LogP contribution >= 0.6 is 0 Å². The number of morpholine rings is 1. The molecule has 1 N–H and O–H groups in total. The summed E-state index contributed by atoms with van der Waals surface area (Å²) < 4.78 is 31.7. The van der Waals surface area contributed by atoms with E-state index in [9.17, 15) is 8.42 Å². The molecule has 0 bridgehead atoms. The molecule has 0 spiro atoms. The van der Waals surface area contributed by atoms with E-state index < -0.39 is 10.0 Å². The van der Waals surface area contributed by atoms with Crippen molar-refractivity contribution in [3.8, 4) is 0 Å². The largest absolute Gasteiger partial charge is 0.379 e. The Morgan fingerprint density at radius 1 is 1.21 bits per heavy atom. The van der Waals surface area contributed by atoms with Crippen molar-refractivity contribution in [2.75, 3.05) is 58.7 Å². The van der Waals surface area contributed by atoms with Crippen molar-refractivity contribution in [2.45, 2.75) is 19.3 Å². The van der Waals surface area contributed by atoms with E-state index in [2.05, 4.69) is 52.5 Å². The van der Waals surface area contributed by atoms with Crippen molar-refractivity contribution in [1.82, 2.24) is 14.5 Å². The monoisotopic (exact) mass is 408 g/mol. The molecular weight excluding hydrogens is 376 g/mol. The number of nitrogens with one attached hydrogen (secondary N) is 1. The van der Waals surface area contributed by atoms with Crippen LogP contribution in [0.3, 0.4) is 0 Å². The van der Waals surface area contributed by atoms with Crippen LogP contribution in [0.1, 0.15) is 24.8 Å². The predicted octanol–water partition coefficient (Wildman–Crippen LogP) is 1.35. The van der Waals surface area contributed by atoms with Crippen LogP contribution in [0.5, 0.6) is 0 Å². The average molecular weight is 409 g/mol. The Morgan fingerprint density at radius 2 is 1.93 bits per heavy atom. The SMILES string of the molecule is CN=C(NCCS(=O)(=O)N1CCOCC1)N1CCC(c2ccccc2)C(C)C1. The summed E-state index contributed by atoms with van der Waals surface area (Å²) in [6, 6.07) is 10.7. The van der Waals surface area contributed by atoms with Crippen molar-refractivity contribution in [3.05, 3.63) is 35.9 Å². The van der Waals surface area contributed by atoms with Crippen molar-refractivity contribution in [1.29, 1.82) is 0 Å². The predicted molar refractivity (Wildman–Crippen MR) is 112 cm³/mol. The van der Waals surface area contributed by atoms with Crippen LogP contribution in [0.15, 0.2) is 35.3 Å². The van der Waals surface area contributed by atoms with Gasteiger partial charge in [-0.15, -0.1) is 0 Å². The highest BCUT2D eigenvalue weighted by Crippen LogP contribution is 2.32. The number of hydrogen-bond donors (Lipinski definition) is 1. The van der Waals surface area contributed by atoms with Gasteiger partial charge >= 0.3 is 0 Å². The molecule has 7 nitrogen and oxygen atoms in total. The number of sulfonamides is 1. The zero-order valence-electron chi connectivity index (χ0n) is 16.9. The van der Waals surface area contributed by atoms with E-state index in [1.807, 2.05) is 0 Å². The molecule has 0 saturated carbocycles. The molecule has 2 fully saturated rings. The molecule has 2 aliphatic heterocycles. The molecule has 1 aromatic carbocycles. The van der Waals surface area contributed by atoms with Gasteiger partial charge in [-0.25, -0.2) is 8.42 Å². The first-order valence-corrected chi connectivity index (χ1v) is 11.7. The minimum Gasteiger partial charge on any atom is -0.379 e. The summed E-state index contributed by atoms with van der Waals surface area (Å²) in [5, 5.41) is 3.25. The molecule has 2 aliphatic rings. The molecule has 0 aromatic heterocycles. The lowest BCUT2D eigenvalue weighted by Gasteiger charge is -2.39. The minimum atomic E-state index is -3.26. The first kappa shape index (κ1) is 21.1. The summed E-state index contributed by atoms with van der Waals surface area (Å²) in [6.07, 6.45) is 1.07. The van der Waals surface area contributed by atoms with Gasteiger partial charge in [-0.05, 0) is 23.8 Å². The molecule has 0 radical (unpaired) electrons. The summed E-state index contributed by atoms with van der Waals surface area (Å²) in [5.74, 6) is 1.92. The van der Waals surface area contributed by atoms with E-state index in [1.54, 1.807) is 7.05 Å². The maximum absolute atomic E-state index is 12.5. The summed E-state index contributed by atoms with van der Waals surface area (Å²) in [6.45, 7) is 6.31. The highest BCUT2D eigenvalue weighted by Gasteiger charge is 2.29. The molecule has 0 aliphatic carbocycles. The Bertz CT molecular complexity index is 748. The summed E-state index contributed by atoms with van der Waals surface area (Å²) in [7, 11) is -1.50. The van der Waals surface area contributed by atoms with Gasteiger partial charge in [0, 0.05) is 39.8 Å². The quantitative estimate of drug-likeness (QED) is 0.588. The Morgan fingerprint density at radius 3 is 2.57 bits per heavy atom. The Labute approximate surface area is 168 Å². The third-order valence-electron chi connectivity index (χ3n) is 5.65. The smallest absolute Gasteiger partial charge is 0.215 e. The molecule has 156 valence electrons. The number of benzene rings is 1. The number of nitrogens with zero attached hydrogens (tertiary/aromatic N) is 3. The second-order valence-electron chi connectivity index (χ2n) is 7.53. The van der Waals surface area contributed by atoms with Crippen LogP contribution in [0.25, 0.3) is 0 Å². The number of likely N-dealkylation sites (tertiary alicyclic amines) is 1. The summed E-state index contributed by atoms with van der Waals surface area (Å²) in [5.41, 5.74) is 1.40. The molecular formula is C20H32N4O3S. The van der Waals surface area contributed by atoms with Gasteiger partial charge in [-0.1, -0.05) is 37.3 Å². The number of hydrogen-bond acceptors (Lipinski definition) is 4. The maximum atomic E-state index is 12.5. The van der Waals surface area contributed by atoms with E-state index in [-0.39, 0.29) is 5.75 Å². The first-order chi connectivity index (χ1) is 13.5. The van der Waals surface area contributed by atoms with E-state index in [0.717, 1.165) is 25.5 Å². The average Bonchev–Trinajstić information content (AvgIpc) is 2.72. The molecule has 2 atom stereocenters. The second-order valence-corrected chi connectivity index (χ2v) is 9.62. The van der Waals surface area contributed by atoms with Crippen molar-refractivity contribution in [2.24, 2.45) is 10.9 Å². The number of rotatable bonds is 5. The minimum absolute atomic E-state index is 0.0715. The van der Waals surface area contributed by atoms with Crippen LogP contribution in [0, 0.1) is 5.92 Å². The maximum Gasteiger partial charge on any atom is 0.215 e. The number of ether oxygens (including phenoxy) is 1. The molecule has 3 rings (SSSR count). The lowest BCUT2D eigenvalue weighted by molar-refractivity contribution is 0.0730. The van der Waals surface area contributed by atoms with Crippen molar-refractivity contribution >= 4 is 16.0 Å². The molecule has 2 unspecified atom stereocenters. The molecule has 2 heterocycles. The Hall–Kier alpha value is -1.64. The van der Waals surface area contributed by atoms with Gasteiger partial charge in [0.25, 0.3) is 0 Å².